The molecule has 2 aliphatic rings. The van der Waals surface area contributed by atoms with E-state index < -0.39 is 24.1 Å². The lowest BCUT2D eigenvalue weighted by Gasteiger charge is -2.28. The SMILES string of the molecule is C=CC(=O)OCCNC(=O)OCC[N+](=C1C=CC(=C2C(=O)C(c3ccc(N(CCOC(=O)NCCOC(C)=O)c4ccc(C)cc4C)cc3)=C2O)C=C1)c1ccc(C)cc1C. The van der Waals surface area contributed by atoms with Crippen LogP contribution in [0.4, 0.5) is 26.7 Å². The van der Waals surface area contributed by atoms with Crippen LogP contribution in [-0.4, -0.2) is 97.9 Å². The van der Waals surface area contributed by atoms with E-state index in [1.54, 1.807) is 24.3 Å². The van der Waals surface area contributed by atoms with E-state index in [4.69, 9.17) is 18.9 Å². The van der Waals surface area contributed by atoms with Crippen LogP contribution in [0.15, 0.2) is 115 Å². The van der Waals surface area contributed by atoms with E-state index in [2.05, 4.69) is 29.3 Å². The summed E-state index contributed by atoms with van der Waals surface area (Å²) in [5.74, 6) is -1.41. The lowest BCUT2D eigenvalue weighted by molar-refractivity contribution is -0.442. The number of aliphatic hydroxyl groups is 1. The summed E-state index contributed by atoms with van der Waals surface area (Å²) in [4.78, 5) is 62.4. The number of ketones is 1. The average Bonchev–Trinajstić information content (AvgIpc) is 3.23. The third kappa shape index (κ3) is 11.9. The Morgan fingerprint density at radius 3 is 1.93 bits per heavy atom. The number of hydrogen-bond acceptors (Lipinski definition) is 11. The van der Waals surface area contributed by atoms with E-state index in [1.807, 2.05) is 85.7 Å². The van der Waals surface area contributed by atoms with Gasteiger partial charge in [-0.3, -0.25) is 9.59 Å². The first-order valence-corrected chi connectivity index (χ1v) is 19.8. The summed E-state index contributed by atoms with van der Waals surface area (Å²) < 4.78 is 22.5. The normalized spacial score (nSPS) is 13.0. The Morgan fingerprint density at radius 2 is 1.34 bits per heavy atom. The zero-order valence-corrected chi connectivity index (χ0v) is 35.0. The van der Waals surface area contributed by atoms with Gasteiger partial charge < -0.3 is 39.6 Å². The molecule has 2 aliphatic carbocycles. The molecule has 3 N–H and O–H groups in total. The van der Waals surface area contributed by atoms with Gasteiger partial charge in [-0.15, -0.1) is 0 Å². The minimum atomic E-state index is -0.654. The highest BCUT2D eigenvalue weighted by atomic mass is 16.6. The molecule has 0 fully saturated rings. The molecule has 14 heteroatoms. The molecule has 318 valence electrons. The fourth-order valence-electron chi connectivity index (χ4n) is 6.82. The number of esters is 2. The van der Waals surface area contributed by atoms with Crippen LogP contribution in [0.1, 0.15) is 34.7 Å². The minimum Gasteiger partial charge on any atom is -0.506 e. The number of amides is 2. The van der Waals surface area contributed by atoms with E-state index in [9.17, 15) is 29.1 Å². The Labute approximate surface area is 355 Å². The number of allylic oxidation sites excluding steroid dienone is 7. The van der Waals surface area contributed by atoms with E-state index in [-0.39, 0.29) is 62.2 Å². The van der Waals surface area contributed by atoms with Crippen LogP contribution in [0, 0.1) is 27.7 Å². The summed E-state index contributed by atoms with van der Waals surface area (Å²) in [5, 5.41) is 16.4. The second kappa shape index (κ2) is 21.2. The average molecular weight is 832 g/mol. The van der Waals surface area contributed by atoms with Gasteiger partial charge >= 0.3 is 24.1 Å². The second-order valence-electron chi connectivity index (χ2n) is 14.2. The molecule has 5 rings (SSSR count). The highest BCUT2D eigenvalue weighted by molar-refractivity contribution is 6.39. The van der Waals surface area contributed by atoms with Gasteiger partial charge in [-0.05, 0) is 80.8 Å². The molecule has 14 nitrogen and oxygen atoms in total. The lowest BCUT2D eigenvalue weighted by Crippen LogP contribution is -2.31. The molecule has 0 spiro atoms. The number of aryl methyl sites for hydroxylation is 4. The maximum atomic E-state index is 13.6. The van der Waals surface area contributed by atoms with Crippen LogP contribution in [0.3, 0.4) is 0 Å². The summed E-state index contributed by atoms with van der Waals surface area (Å²) in [7, 11) is 0. The van der Waals surface area contributed by atoms with Crippen LogP contribution in [0.5, 0.6) is 0 Å². The summed E-state index contributed by atoms with van der Waals surface area (Å²) in [5.41, 5.74) is 9.13. The number of benzene rings is 3. The van der Waals surface area contributed by atoms with Gasteiger partial charge in [0.25, 0.3) is 0 Å². The number of carbonyl (C=O) groups excluding carboxylic acids is 5. The maximum Gasteiger partial charge on any atom is 0.407 e. The summed E-state index contributed by atoms with van der Waals surface area (Å²) in [6, 6.07) is 19.4. The smallest absolute Gasteiger partial charge is 0.407 e. The molecular formula is C47H51N4O10+. The van der Waals surface area contributed by atoms with Crippen molar-refractivity contribution in [3.63, 3.8) is 0 Å². The molecular weight excluding hydrogens is 781 g/mol. The number of carbonyl (C=O) groups is 5. The number of alkyl carbamates (subject to hydrolysis) is 2. The standard InChI is InChI=1S/C47H50N4O10/c1-7-41(53)59-25-21-49-47(57)61-27-23-51(40-19-9-31(3)29-33(40)5)38-16-12-36(13-17-38)43-44(54)42(45(43)55)35-10-14-37(15-11-35)50(39-18-8-30(2)28-32(39)4)22-26-60-46(56)48-20-24-58-34(6)52/h7-19,28-29H,1,20-27H2,2-6H3,(H2-,48,49,54,55,56,57)/p+1. The second-order valence-corrected chi connectivity index (χ2v) is 14.2. The Hall–Kier alpha value is -7.22. The number of nitrogens with one attached hydrogen (secondary N) is 2. The van der Waals surface area contributed by atoms with E-state index in [0.717, 1.165) is 51.1 Å². The molecule has 3 aromatic carbocycles. The van der Waals surface area contributed by atoms with Crippen molar-refractivity contribution in [2.75, 3.05) is 57.5 Å². The predicted molar refractivity (Wildman–Crippen MR) is 231 cm³/mol. The number of anilines is 2. The molecule has 0 heterocycles. The first kappa shape index (κ1) is 44.9. The Kier molecular flexibility index (Phi) is 15.6. The number of rotatable bonds is 17. The molecule has 0 unspecified atom stereocenters. The van der Waals surface area contributed by atoms with Gasteiger partial charge in [0.2, 0.25) is 17.2 Å². The van der Waals surface area contributed by atoms with Gasteiger partial charge in [-0.1, -0.05) is 48.0 Å². The maximum absolute atomic E-state index is 13.6. The number of aliphatic hydroxyl groups excluding tert-OH is 1. The van der Waals surface area contributed by atoms with Crippen LogP contribution >= 0.6 is 0 Å². The molecule has 0 bridgehead atoms. The van der Waals surface area contributed by atoms with Crippen molar-refractivity contribution in [1.82, 2.24) is 10.6 Å². The van der Waals surface area contributed by atoms with Crippen LogP contribution < -0.4 is 15.5 Å². The topological polar surface area (TPSA) is 173 Å². The molecule has 2 amide bonds. The number of nitrogens with zero attached hydrogens (tertiary/aromatic N) is 2. The predicted octanol–water partition coefficient (Wildman–Crippen LogP) is 6.86. The van der Waals surface area contributed by atoms with Crippen molar-refractivity contribution in [2.24, 2.45) is 0 Å². The summed E-state index contributed by atoms with van der Waals surface area (Å²) in [6.45, 7) is 13.6. The van der Waals surface area contributed by atoms with Gasteiger partial charge in [0.15, 0.2) is 13.2 Å². The molecule has 0 radical (unpaired) electrons. The zero-order valence-electron chi connectivity index (χ0n) is 35.0. The van der Waals surface area contributed by atoms with Gasteiger partial charge in [-0.25, -0.2) is 14.4 Å². The molecule has 0 aliphatic heterocycles. The molecule has 61 heavy (non-hydrogen) atoms. The highest BCUT2D eigenvalue weighted by Gasteiger charge is 2.37. The van der Waals surface area contributed by atoms with E-state index in [1.165, 1.54) is 6.92 Å². The van der Waals surface area contributed by atoms with Gasteiger partial charge in [-0.2, -0.15) is 4.58 Å². The lowest BCUT2D eigenvalue weighted by atomic mass is 9.80. The van der Waals surface area contributed by atoms with Crippen molar-refractivity contribution < 1.29 is 52.6 Å². The van der Waals surface area contributed by atoms with Gasteiger partial charge in [0.05, 0.1) is 30.8 Å². The first-order chi connectivity index (χ1) is 29.3. The highest BCUT2D eigenvalue weighted by Crippen LogP contribution is 2.40. The van der Waals surface area contributed by atoms with Crippen molar-refractivity contribution in [1.29, 1.82) is 0 Å². The third-order valence-electron chi connectivity index (χ3n) is 9.70. The molecule has 0 saturated heterocycles. The molecule has 3 aromatic rings. The fourth-order valence-corrected chi connectivity index (χ4v) is 6.82. The first-order valence-electron chi connectivity index (χ1n) is 19.8. The van der Waals surface area contributed by atoms with Crippen LogP contribution in [-0.2, 0) is 33.3 Å². The van der Waals surface area contributed by atoms with Crippen LogP contribution in [0.2, 0.25) is 0 Å². The number of Topliss-reactive ketones (excluding diaryl/α,β-unsaturated/α-hetero) is 1. The Balaban J connectivity index is 1.30. The van der Waals surface area contributed by atoms with E-state index in [0.29, 0.717) is 24.2 Å². The molecule has 0 atom stereocenters. The quantitative estimate of drug-likeness (QED) is 0.0427. The third-order valence-corrected chi connectivity index (χ3v) is 9.70. The van der Waals surface area contributed by atoms with Crippen molar-refractivity contribution in [3.8, 4) is 0 Å². The largest absolute Gasteiger partial charge is 0.506 e. The minimum absolute atomic E-state index is 0.0159. The number of ether oxygens (including phenoxy) is 4. The van der Waals surface area contributed by atoms with Crippen molar-refractivity contribution in [2.45, 2.75) is 34.6 Å². The monoisotopic (exact) mass is 831 g/mol. The molecule has 0 saturated carbocycles. The molecule has 0 aromatic heterocycles. The Bertz CT molecular complexity index is 2340. The fraction of sp³-hybridized carbons (Fsp3) is 0.277. The van der Waals surface area contributed by atoms with Crippen molar-refractivity contribution in [3.05, 3.63) is 142 Å². The Morgan fingerprint density at radius 1 is 0.738 bits per heavy atom. The van der Waals surface area contributed by atoms with Gasteiger partial charge in [0.1, 0.15) is 25.6 Å². The van der Waals surface area contributed by atoms with Crippen LogP contribution in [0.25, 0.3) is 5.57 Å². The van der Waals surface area contributed by atoms with Gasteiger partial charge in [0, 0.05) is 48.2 Å². The summed E-state index contributed by atoms with van der Waals surface area (Å²) >= 11 is 0. The zero-order chi connectivity index (χ0) is 44.1. The summed E-state index contributed by atoms with van der Waals surface area (Å²) in [6.07, 6.45) is 7.00. The number of hydrogen-bond donors (Lipinski definition) is 3. The van der Waals surface area contributed by atoms with Crippen molar-refractivity contribution >= 4 is 58.3 Å². The van der Waals surface area contributed by atoms with E-state index >= 15 is 0 Å².